The zero-order valence-corrected chi connectivity index (χ0v) is 22.6. The number of hydrogen-bond donors (Lipinski definition) is 2. The fraction of sp³-hybridized carbons (Fsp3) is 0.867. The van der Waals surface area contributed by atoms with Crippen LogP contribution in [0, 0.1) is 46.3 Å². The summed E-state index contributed by atoms with van der Waals surface area (Å²) in [5.41, 5.74) is 1.91. The molecule has 0 amide bonds. The molecule has 4 heteroatoms. The first kappa shape index (κ1) is 26.4. The minimum Gasteiger partial charge on any atom is -0.396 e. The second-order valence-corrected chi connectivity index (χ2v) is 13.0. The predicted octanol–water partition coefficient (Wildman–Crippen LogP) is 6.13. The minimum atomic E-state index is -0.248. The standard InChI is InChI=1S/C30H50O4/c1-20(9-10-21(2)28(3,4)34-19-33-6)26-11-12-27-22(8-7-13-29(26,27)5)14-24(18-31)30-16-23(30)15-25(32)17-30/h9-10,14,20-21,23-27,31-32H,7-8,11-13,15-19H2,1-6H3/t20-,21+,23-,24+,25+,26-,27+,29-,30+/m1/s1. The first-order chi connectivity index (χ1) is 16.1. The van der Waals surface area contributed by atoms with Crippen LogP contribution in [0.5, 0.6) is 0 Å². The number of ether oxygens (including phenoxy) is 2. The Bertz CT molecular complexity index is 772. The van der Waals surface area contributed by atoms with Gasteiger partial charge < -0.3 is 19.7 Å². The molecule has 194 valence electrons. The molecule has 0 aromatic carbocycles. The number of hydrogen-bond acceptors (Lipinski definition) is 4. The molecule has 0 spiro atoms. The quantitative estimate of drug-likeness (QED) is 0.295. The number of aliphatic hydroxyl groups is 2. The van der Waals surface area contributed by atoms with E-state index >= 15 is 0 Å². The summed E-state index contributed by atoms with van der Waals surface area (Å²) in [6.45, 7) is 12.0. The first-order valence-electron chi connectivity index (χ1n) is 13.9. The Morgan fingerprint density at radius 3 is 2.59 bits per heavy atom. The molecule has 0 bridgehead atoms. The van der Waals surface area contributed by atoms with Crippen molar-refractivity contribution in [2.45, 2.75) is 97.7 Å². The van der Waals surface area contributed by atoms with Crippen LogP contribution in [0.4, 0.5) is 0 Å². The molecule has 4 saturated carbocycles. The van der Waals surface area contributed by atoms with Gasteiger partial charge in [0.1, 0.15) is 6.79 Å². The number of fused-ring (bicyclic) bond motifs is 2. The summed E-state index contributed by atoms with van der Waals surface area (Å²) in [4.78, 5) is 0. The number of rotatable bonds is 10. The van der Waals surface area contributed by atoms with Crippen molar-refractivity contribution in [1.82, 2.24) is 0 Å². The minimum absolute atomic E-state index is 0.154. The van der Waals surface area contributed by atoms with Gasteiger partial charge in [0.05, 0.1) is 11.7 Å². The average Bonchev–Trinajstić information content (AvgIpc) is 3.17. The molecule has 4 nitrogen and oxygen atoms in total. The van der Waals surface area contributed by atoms with Crippen LogP contribution in [0.3, 0.4) is 0 Å². The van der Waals surface area contributed by atoms with Crippen LogP contribution in [0.2, 0.25) is 0 Å². The Hall–Kier alpha value is -0.680. The average molecular weight is 475 g/mol. The van der Waals surface area contributed by atoms with Crippen LogP contribution in [-0.2, 0) is 9.47 Å². The molecule has 0 aliphatic heterocycles. The van der Waals surface area contributed by atoms with Crippen LogP contribution in [-0.4, -0.2) is 42.4 Å². The van der Waals surface area contributed by atoms with Gasteiger partial charge in [0.2, 0.25) is 0 Å². The maximum Gasteiger partial charge on any atom is 0.147 e. The summed E-state index contributed by atoms with van der Waals surface area (Å²) in [6.07, 6.45) is 16.5. The second kappa shape index (κ2) is 10.00. The van der Waals surface area contributed by atoms with Gasteiger partial charge in [-0.3, -0.25) is 0 Å². The molecule has 0 heterocycles. The monoisotopic (exact) mass is 474 g/mol. The van der Waals surface area contributed by atoms with Crippen molar-refractivity contribution < 1.29 is 19.7 Å². The molecule has 34 heavy (non-hydrogen) atoms. The van der Waals surface area contributed by atoms with Crippen molar-refractivity contribution in [3.05, 3.63) is 23.8 Å². The number of methoxy groups -OCH3 is 1. The third-order valence-corrected chi connectivity index (χ3v) is 10.8. The Balaban J connectivity index is 1.45. The fourth-order valence-electron chi connectivity index (χ4n) is 8.28. The molecule has 0 saturated heterocycles. The number of allylic oxidation sites excluding steroid dienone is 2. The summed E-state index contributed by atoms with van der Waals surface area (Å²) < 4.78 is 11.0. The van der Waals surface area contributed by atoms with E-state index in [9.17, 15) is 10.2 Å². The van der Waals surface area contributed by atoms with Crippen LogP contribution < -0.4 is 0 Å². The van der Waals surface area contributed by atoms with Crippen molar-refractivity contribution in [2.75, 3.05) is 20.5 Å². The lowest BCUT2D eigenvalue weighted by atomic mass is 9.60. The largest absolute Gasteiger partial charge is 0.396 e. The zero-order chi connectivity index (χ0) is 24.7. The maximum absolute atomic E-state index is 10.3. The summed E-state index contributed by atoms with van der Waals surface area (Å²) in [6, 6.07) is 0. The molecule has 4 aliphatic carbocycles. The van der Waals surface area contributed by atoms with Crippen LogP contribution >= 0.6 is 0 Å². The predicted molar refractivity (Wildman–Crippen MR) is 137 cm³/mol. The summed E-state index contributed by atoms with van der Waals surface area (Å²) in [7, 11) is 1.67. The van der Waals surface area contributed by atoms with Gasteiger partial charge in [-0.2, -0.15) is 0 Å². The van der Waals surface area contributed by atoms with Gasteiger partial charge in [-0.05, 0) is 99.7 Å². The Labute approximate surface area is 208 Å². The van der Waals surface area contributed by atoms with E-state index in [1.54, 1.807) is 12.7 Å². The van der Waals surface area contributed by atoms with E-state index in [4.69, 9.17) is 9.47 Å². The molecule has 0 unspecified atom stereocenters. The number of aliphatic hydroxyl groups excluding tert-OH is 2. The first-order valence-corrected chi connectivity index (χ1v) is 13.9. The molecule has 9 atom stereocenters. The lowest BCUT2D eigenvalue weighted by molar-refractivity contribution is -0.128. The Morgan fingerprint density at radius 2 is 1.94 bits per heavy atom. The fourth-order valence-corrected chi connectivity index (χ4v) is 8.28. The molecule has 0 aromatic rings. The van der Waals surface area contributed by atoms with Crippen LogP contribution in [0.25, 0.3) is 0 Å². The van der Waals surface area contributed by atoms with Gasteiger partial charge in [-0.1, -0.05) is 44.6 Å². The van der Waals surface area contributed by atoms with E-state index in [1.807, 2.05) is 0 Å². The second-order valence-electron chi connectivity index (χ2n) is 13.0. The van der Waals surface area contributed by atoms with Crippen molar-refractivity contribution in [3.63, 3.8) is 0 Å². The van der Waals surface area contributed by atoms with Crippen molar-refractivity contribution in [2.24, 2.45) is 46.3 Å². The van der Waals surface area contributed by atoms with Gasteiger partial charge in [0.15, 0.2) is 0 Å². The highest BCUT2D eigenvalue weighted by molar-refractivity contribution is 5.24. The lowest BCUT2D eigenvalue weighted by Crippen LogP contribution is -2.36. The van der Waals surface area contributed by atoms with Crippen molar-refractivity contribution >= 4 is 0 Å². The van der Waals surface area contributed by atoms with E-state index in [-0.39, 0.29) is 29.6 Å². The molecular weight excluding hydrogens is 424 g/mol. The van der Waals surface area contributed by atoms with E-state index in [0.717, 1.165) is 12.8 Å². The Morgan fingerprint density at radius 1 is 1.18 bits per heavy atom. The third kappa shape index (κ3) is 4.82. The van der Waals surface area contributed by atoms with E-state index in [2.05, 4.69) is 52.8 Å². The summed E-state index contributed by atoms with van der Waals surface area (Å²) in [5, 5.41) is 20.5. The molecular formula is C30H50O4. The SMILES string of the molecule is COCOC(C)(C)[C@@H](C)C=C[C@@H](C)[C@H]1CC[C@H]2C(=C[C@@H](CO)[C@@]34C[C@@H](O)C[C@@H]3C4)CCC[C@]12C. The van der Waals surface area contributed by atoms with E-state index < -0.39 is 0 Å². The van der Waals surface area contributed by atoms with E-state index in [1.165, 1.54) is 38.5 Å². The highest BCUT2D eigenvalue weighted by Gasteiger charge is 2.63. The zero-order valence-electron chi connectivity index (χ0n) is 22.6. The topological polar surface area (TPSA) is 58.9 Å². The summed E-state index contributed by atoms with van der Waals surface area (Å²) in [5.74, 6) is 3.07. The molecule has 4 rings (SSSR count). The van der Waals surface area contributed by atoms with Crippen LogP contribution in [0.1, 0.15) is 86.0 Å². The van der Waals surface area contributed by atoms with Gasteiger partial charge in [0, 0.05) is 25.6 Å². The highest BCUT2D eigenvalue weighted by atomic mass is 16.7. The van der Waals surface area contributed by atoms with Gasteiger partial charge in [0.25, 0.3) is 0 Å². The smallest absolute Gasteiger partial charge is 0.147 e. The maximum atomic E-state index is 10.3. The van der Waals surface area contributed by atoms with Gasteiger partial charge >= 0.3 is 0 Å². The van der Waals surface area contributed by atoms with Gasteiger partial charge in [-0.15, -0.1) is 0 Å². The molecule has 4 aliphatic rings. The lowest BCUT2D eigenvalue weighted by Gasteiger charge is -2.44. The Kier molecular flexibility index (Phi) is 7.76. The van der Waals surface area contributed by atoms with Gasteiger partial charge in [-0.25, -0.2) is 0 Å². The highest BCUT2D eigenvalue weighted by Crippen LogP contribution is 2.68. The summed E-state index contributed by atoms with van der Waals surface area (Å²) >= 11 is 0. The third-order valence-electron chi connectivity index (χ3n) is 10.8. The molecule has 0 radical (unpaired) electrons. The van der Waals surface area contributed by atoms with Crippen LogP contribution in [0.15, 0.2) is 23.8 Å². The normalized spacial score (nSPS) is 41.5. The molecule has 2 N–H and O–H groups in total. The molecule has 4 fully saturated rings. The van der Waals surface area contributed by atoms with E-state index in [0.29, 0.717) is 41.8 Å². The molecule has 0 aromatic heterocycles. The van der Waals surface area contributed by atoms with Crippen molar-refractivity contribution in [1.29, 1.82) is 0 Å². The van der Waals surface area contributed by atoms with Crippen molar-refractivity contribution in [3.8, 4) is 0 Å².